The number of anilines is 1. The predicted molar refractivity (Wildman–Crippen MR) is 102 cm³/mol. The fraction of sp³-hybridized carbons (Fsp3) is 0. The molecular formula is C21H16N4O2. The zero-order valence-electron chi connectivity index (χ0n) is 14.3. The van der Waals surface area contributed by atoms with E-state index >= 15 is 0 Å². The topological polar surface area (TPSA) is 69.0 Å². The minimum Gasteiger partial charge on any atom is -0.457 e. The maximum atomic E-state index is 12.4. The van der Waals surface area contributed by atoms with Crippen molar-refractivity contribution in [3.8, 4) is 17.3 Å². The Bertz CT molecular complexity index is 1010. The lowest BCUT2D eigenvalue weighted by Crippen LogP contribution is -2.12. The molecule has 1 amide bonds. The van der Waals surface area contributed by atoms with E-state index in [2.05, 4.69) is 15.3 Å². The van der Waals surface area contributed by atoms with Gasteiger partial charge in [-0.1, -0.05) is 18.2 Å². The summed E-state index contributed by atoms with van der Waals surface area (Å²) in [6.07, 6.45) is 6.77. The number of hydrogen-bond acceptors (Lipinski definition) is 4. The minimum absolute atomic E-state index is 0.210. The third-order valence-electron chi connectivity index (χ3n) is 3.87. The molecule has 0 atom stereocenters. The number of ether oxygens (including phenoxy) is 1. The lowest BCUT2D eigenvalue weighted by Gasteiger charge is -2.08. The molecule has 0 aliphatic heterocycles. The van der Waals surface area contributed by atoms with Crippen LogP contribution in [-0.2, 0) is 0 Å². The molecule has 4 rings (SSSR count). The molecule has 6 nitrogen and oxygen atoms in total. The van der Waals surface area contributed by atoms with Crippen molar-refractivity contribution >= 4 is 11.6 Å². The van der Waals surface area contributed by atoms with Gasteiger partial charge in [0.1, 0.15) is 23.6 Å². The summed E-state index contributed by atoms with van der Waals surface area (Å²) in [7, 11) is 0. The largest absolute Gasteiger partial charge is 0.457 e. The van der Waals surface area contributed by atoms with Crippen molar-refractivity contribution in [1.29, 1.82) is 0 Å². The highest BCUT2D eigenvalue weighted by molar-refractivity contribution is 6.04. The molecule has 0 unspecified atom stereocenters. The van der Waals surface area contributed by atoms with Gasteiger partial charge < -0.3 is 10.1 Å². The normalized spacial score (nSPS) is 10.4. The Labute approximate surface area is 156 Å². The van der Waals surface area contributed by atoms with Crippen molar-refractivity contribution in [2.45, 2.75) is 0 Å². The fourth-order valence-corrected chi connectivity index (χ4v) is 2.51. The summed E-state index contributed by atoms with van der Waals surface area (Å²) >= 11 is 0. The molecule has 2 aromatic heterocycles. The van der Waals surface area contributed by atoms with Crippen molar-refractivity contribution in [1.82, 2.24) is 14.5 Å². The molecule has 2 aromatic carbocycles. The van der Waals surface area contributed by atoms with E-state index in [9.17, 15) is 4.79 Å². The van der Waals surface area contributed by atoms with Gasteiger partial charge in [-0.15, -0.1) is 0 Å². The molecule has 0 saturated heterocycles. The van der Waals surface area contributed by atoms with Gasteiger partial charge in [0.15, 0.2) is 0 Å². The van der Waals surface area contributed by atoms with Gasteiger partial charge in [-0.3, -0.25) is 9.36 Å². The van der Waals surface area contributed by atoms with Crippen LogP contribution in [0.4, 0.5) is 5.69 Å². The molecule has 2 heterocycles. The first kappa shape index (κ1) is 16.5. The van der Waals surface area contributed by atoms with Crippen molar-refractivity contribution in [3.63, 3.8) is 0 Å². The van der Waals surface area contributed by atoms with E-state index < -0.39 is 0 Å². The number of amides is 1. The molecule has 0 aliphatic carbocycles. The monoisotopic (exact) mass is 356 g/mol. The first-order valence-corrected chi connectivity index (χ1v) is 8.37. The number of carbonyl (C=O) groups is 1. The molecule has 4 aromatic rings. The Balaban J connectivity index is 1.40. The van der Waals surface area contributed by atoms with E-state index in [1.165, 1.54) is 0 Å². The van der Waals surface area contributed by atoms with Crippen LogP contribution in [0.15, 0.2) is 91.6 Å². The molecule has 0 spiro atoms. The Hall–Kier alpha value is -3.93. The average Bonchev–Trinajstić information content (AvgIpc) is 3.25. The maximum absolute atomic E-state index is 12.4. The van der Waals surface area contributed by atoms with Crippen LogP contribution in [0.5, 0.6) is 11.5 Å². The Morgan fingerprint density at radius 1 is 0.926 bits per heavy atom. The lowest BCUT2D eigenvalue weighted by atomic mass is 10.2. The molecule has 27 heavy (non-hydrogen) atoms. The van der Waals surface area contributed by atoms with Crippen LogP contribution in [0.3, 0.4) is 0 Å². The van der Waals surface area contributed by atoms with Crippen LogP contribution in [0.25, 0.3) is 5.82 Å². The van der Waals surface area contributed by atoms with Gasteiger partial charge in [-0.25, -0.2) is 9.97 Å². The van der Waals surface area contributed by atoms with E-state index in [1.807, 2.05) is 36.4 Å². The van der Waals surface area contributed by atoms with Gasteiger partial charge in [0.05, 0.1) is 11.9 Å². The molecule has 0 aliphatic rings. The molecule has 1 N–H and O–H groups in total. The summed E-state index contributed by atoms with van der Waals surface area (Å²) in [6.45, 7) is 0. The Morgan fingerprint density at radius 3 is 2.37 bits per heavy atom. The van der Waals surface area contributed by atoms with Crippen LogP contribution in [-0.4, -0.2) is 20.4 Å². The smallest absolute Gasteiger partial charge is 0.255 e. The number of aromatic nitrogens is 3. The highest BCUT2D eigenvalue weighted by atomic mass is 16.5. The summed E-state index contributed by atoms with van der Waals surface area (Å²) in [5.74, 6) is 1.94. The second-order valence-corrected chi connectivity index (χ2v) is 5.77. The Morgan fingerprint density at radius 2 is 1.70 bits per heavy atom. The van der Waals surface area contributed by atoms with E-state index in [0.29, 0.717) is 17.0 Å². The first-order valence-electron chi connectivity index (χ1n) is 8.37. The van der Waals surface area contributed by atoms with Crippen molar-refractivity contribution in [3.05, 3.63) is 97.2 Å². The zero-order valence-corrected chi connectivity index (χ0v) is 14.3. The van der Waals surface area contributed by atoms with Crippen LogP contribution < -0.4 is 10.1 Å². The SMILES string of the molecule is O=C(Nc1ccc(-n2ccnc2)nc1)c1ccc(Oc2ccccc2)cc1. The van der Waals surface area contributed by atoms with Crippen molar-refractivity contribution in [2.75, 3.05) is 5.32 Å². The second-order valence-electron chi connectivity index (χ2n) is 5.77. The van der Waals surface area contributed by atoms with Gasteiger partial charge in [0.25, 0.3) is 5.91 Å². The quantitative estimate of drug-likeness (QED) is 0.578. The highest BCUT2D eigenvalue weighted by Gasteiger charge is 2.07. The van der Waals surface area contributed by atoms with Gasteiger partial charge in [0, 0.05) is 18.0 Å². The van der Waals surface area contributed by atoms with Gasteiger partial charge in [0.2, 0.25) is 0 Å². The van der Waals surface area contributed by atoms with Crippen LogP contribution in [0.2, 0.25) is 0 Å². The number of carbonyl (C=O) groups excluding carboxylic acids is 1. The Kier molecular flexibility index (Phi) is 4.61. The standard InChI is InChI=1S/C21H16N4O2/c26-21(24-17-8-11-20(23-14-17)25-13-12-22-15-25)16-6-9-19(10-7-16)27-18-4-2-1-3-5-18/h1-15H,(H,24,26). The van der Waals surface area contributed by atoms with Crippen LogP contribution in [0.1, 0.15) is 10.4 Å². The lowest BCUT2D eigenvalue weighted by molar-refractivity contribution is 0.102. The van der Waals surface area contributed by atoms with Gasteiger partial charge in [-0.05, 0) is 48.5 Å². The number of benzene rings is 2. The molecule has 0 bridgehead atoms. The fourth-order valence-electron chi connectivity index (χ4n) is 2.51. The number of imidazole rings is 1. The van der Waals surface area contributed by atoms with Crippen LogP contribution in [0, 0.1) is 0 Å². The van der Waals surface area contributed by atoms with E-state index in [-0.39, 0.29) is 5.91 Å². The molecule has 0 saturated carbocycles. The number of para-hydroxylation sites is 1. The highest BCUT2D eigenvalue weighted by Crippen LogP contribution is 2.21. The first-order chi connectivity index (χ1) is 13.3. The summed E-state index contributed by atoms with van der Waals surface area (Å²) in [6, 6.07) is 20.1. The average molecular weight is 356 g/mol. The van der Waals surface area contributed by atoms with Gasteiger partial charge in [-0.2, -0.15) is 0 Å². The number of nitrogens with one attached hydrogen (secondary N) is 1. The van der Waals surface area contributed by atoms with Crippen molar-refractivity contribution in [2.24, 2.45) is 0 Å². The maximum Gasteiger partial charge on any atom is 0.255 e. The molecular weight excluding hydrogens is 340 g/mol. The summed E-state index contributed by atoms with van der Waals surface area (Å²) in [4.78, 5) is 20.7. The number of nitrogens with zero attached hydrogens (tertiary/aromatic N) is 3. The zero-order chi connectivity index (χ0) is 18.5. The molecule has 132 valence electrons. The molecule has 0 fully saturated rings. The van der Waals surface area contributed by atoms with E-state index in [4.69, 9.17) is 4.74 Å². The second kappa shape index (κ2) is 7.53. The molecule has 0 radical (unpaired) electrons. The van der Waals surface area contributed by atoms with Crippen LogP contribution >= 0.6 is 0 Å². The number of hydrogen-bond donors (Lipinski definition) is 1. The predicted octanol–water partition coefficient (Wildman–Crippen LogP) is 4.31. The minimum atomic E-state index is -0.210. The summed E-state index contributed by atoms with van der Waals surface area (Å²) in [5.41, 5.74) is 1.16. The van der Waals surface area contributed by atoms with E-state index in [0.717, 1.165) is 11.6 Å². The number of pyridine rings is 1. The third-order valence-corrected chi connectivity index (χ3v) is 3.87. The third kappa shape index (κ3) is 4.01. The molecule has 6 heteroatoms. The van der Waals surface area contributed by atoms with E-state index in [1.54, 1.807) is 59.8 Å². The summed E-state index contributed by atoms with van der Waals surface area (Å²) < 4.78 is 7.52. The number of rotatable bonds is 5. The van der Waals surface area contributed by atoms with Gasteiger partial charge >= 0.3 is 0 Å². The summed E-state index contributed by atoms with van der Waals surface area (Å²) in [5, 5.41) is 2.83. The van der Waals surface area contributed by atoms with Crippen molar-refractivity contribution < 1.29 is 9.53 Å².